The smallest absolute Gasteiger partial charge is 0.244 e. The molecule has 0 saturated carbocycles. The van der Waals surface area contributed by atoms with Crippen LogP contribution in [0.5, 0.6) is 0 Å². The molecule has 0 aliphatic rings. The lowest BCUT2D eigenvalue weighted by atomic mass is 10.3. The Labute approximate surface area is 122 Å². The second-order valence-corrected chi connectivity index (χ2v) is 7.14. The molecule has 2 aromatic rings. The summed E-state index contributed by atoms with van der Waals surface area (Å²) in [5.74, 6) is 0.806. The minimum atomic E-state index is -3.57. The van der Waals surface area contributed by atoms with Crippen molar-refractivity contribution in [3.05, 3.63) is 33.7 Å². The highest BCUT2D eigenvalue weighted by Crippen LogP contribution is 2.19. The summed E-state index contributed by atoms with van der Waals surface area (Å²) in [5, 5.41) is 2.90. The number of nitrogens with zero attached hydrogens (tertiary/aromatic N) is 1. The van der Waals surface area contributed by atoms with Crippen molar-refractivity contribution in [3.8, 4) is 0 Å². The Bertz CT molecular complexity index is 689. The summed E-state index contributed by atoms with van der Waals surface area (Å²) in [7, 11) is -3.57. The molecule has 0 aliphatic carbocycles. The Morgan fingerprint density at radius 1 is 1.45 bits per heavy atom. The average molecular weight is 315 g/mol. The molecule has 3 N–H and O–H groups in total. The first kappa shape index (κ1) is 15.2. The molecule has 0 aromatic carbocycles. The summed E-state index contributed by atoms with van der Waals surface area (Å²) in [4.78, 5) is 4.43. The zero-order valence-corrected chi connectivity index (χ0v) is 13.0. The number of rotatable bonds is 6. The van der Waals surface area contributed by atoms with Crippen LogP contribution in [0.2, 0.25) is 0 Å². The fraction of sp³-hybridized carbons (Fsp3) is 0.417. The van der Waals surface area contributed by atoms with Crippen molar-refractivity contribution in [1.82, 2.24) is 9.71 Å². The van der Waals surface area contributed by atoms with Gasteiger partial charge in [-0.2, -0.15) is 0 Å². The van der Waals surface area contributed by atoms with E-state index >= 15 is 0 Å². The third-order valence-corrected chi connectivity index (χ3v) is 5.14. The number of aryl methyl sites for hydroxylation is 2. The van der Waals surface area contributed by atoms with E-state index < -0.39 is 10.0 Å². The van der Waals surface area contributed by atoms with E-state index in [2.05, 4.69) is 9.71 Å². The highest BCUT2D eigenvalue weighted by atomic mass is 32.2. The van der Waals surface area contributed by atoms with Crippen LogP contribution in [0.25, 0.3) is 0 Å². The molecule has 0 spiro atoms. The van der Waals surface area contributed by atoms with E-state index in [0.29, 0.717) is 24.5 Å². The largest absolute Gasteiger partial charge is 0.464 e. The molecule has 20 heavy (non-hydrogen) atoms. The first-order valence-electron chi connectivity index (χ1n) is 6.12. The Morgan fingerprint density at radius 3 is 2.75 bits per heavy atom. The Kier molecular flexibility index (Phi) is 4.59. The van der Waals surface area contributed by atoms with Crippen LogP contribution < -0.4 is 10.5 Å². The molecule has 8 heteroatoms. The van der Waals surface area contributed by atoms with Gasteiger partial charge < -0.3 is 10.2 Å². The van der Waals surface area contributed by atoms with Gasteiger partial charge in [0, 0.05) is 24.4 Å². The highest BCUT2D eigenvalue weighted by molar-refractivity contribution is 7.89. The predicted molar refractivity (Wildman–Crippen MR) is 77.1 cm³/mol. The zero-order valence-electron chi connectivity index (χ0n) is 11.3. The van der Waals surface area contributed by atoms with Crippen LogP contribution in [0.3, 0.4) is 0 Å². The summed E-state index contributed by atoms with van der Waals surface area (Å²) < 4.78 is 32.1. The van der Waals surface area contributed by atoms with Gasteiger partial charge in [-0.3, -0.25) is 0 Å². The Balaban J connectivity index is 2.01. The molecule has 2 rings (SSSR count). The second kappa shape index (κ2) is 6.04. The van der Waals surface area contributed by atoms with E-state index in [4.69, 9.17) is 10.2 Å². The first-order valence-corrected chi connectivity index (χ1v) is 8.48. The van der Waals surface area contributed by atoms with Crippen LogP contribution in [-0.2, 0) is 23.0 Å². The zero-order chi connectivity index (χ0) is 14.8. The Morgan fingerprint density at radius 2 is 2.20 bits per heavy atom. The van der Waals surface area contributed by atoms with E-state index in [9.17, 15) is 8.42 Å². The molecule has 0 unspecified atom stereocenters. The maximum Gasteiger partial charge on any atom is 0.244 e. The van der Waals surface area contributed by atoms with Gasteiger partial charge in [-0.05, 0) is 13.8 Å². The number of aromatic nitrogens is 1. The van der Waals surface area contributed by atoms with E-state index in [1.165, 1.54) is 6.07 Å². The summed E-state index contributed by atoms with van der Waals surface area (Å²) in [5.41, 5.74) is 6.33. The summed E-state index contributed by atoms with van der Waals surface area (Å²) in [6.45, 7) is 4.00. The Hall–Kier alpha value is -1.22. The van der Waals surface area contributed by atoms with Gasteiger partial charge >= 0.3 is 0 Å². The standard InChI is InChI=1S/C12H17N3O3S2/c1-8-12(5-11(6-13)18-8)20(16,17)14-4-3-10-7-19-9(2)15-10/h5,7,14H,3-4,6,13H2,1-2H3. The quantitative estimate of drug-likeness (QED) is 0.838. The molecule has 0 bridgehead atoms. The molecular weight excluding hydrogens is 298 g/mol. The number of sulfonamides is 1. The molecule has 2 aromatic heterocycles. The number of hydrogen-bond donors (Lipinski definition) is 2. The molecule has 0 aliphatic heterocycles. The number of hydrogen-bond acceptors (Lipinski definition) is 6. The van der Waals surface area contributed by atoms with E-state index in [1.807, 2.05) is 12.3 Å². The van der Waals surface area contributed by atoms with Crippen LogP contribution in [0, 0.1) is 13.8 Å². The van der Waals surface area contributed by atoms with Gasteiger partial charge in [-0.1, -0.05) is 0 Å². The minimum Gasteiger partial charge on any atom is -0.464 e. The van der Waals surface area contributed by atoms with Crippen LogP contribution in [0.4, 0.5) is 0 Å². The van der Waals surface area contributed by atoms with Crippen molar-refractivity contribution in [1.29, 1.82) is 0 Å². The summed E-state index contributed by atoms with van der Waals surface area (Å²) in [6, 6.07) is 1.46. The van der Waals surface area contributed by atoms with Gasteiger partial charge in [0.05, 0.1) is 17.2 Å². The maximum absolute atomic E-state index is 12.1. The highest BCUT2D eigenvalue weighted by Gasteiger charge is 2.20. The first-order chi connectivity index (χ1) is 9.42. The maximum atomic E-state index is 12.1. The van der Waals surface area contributed by atoms with Gasteiger partial charge in [0.2, 0.25) is 10.0 Å². The molecule has 110 valence electrons. The number of nitrogens with two attached hydrogens (primary N) is 1. The van der Waals surface area contributed by atoms with Gasteiger partial charge in [0.25, 0.3) is 0 Å². The summed E-state index contributed by atoms with van der Waals surface area (Å²) in [6.07, 6.45) is 0.560. The van der Waals surface area contributed by atoms with Gasteiger partial charge in [0.1, 0.15) is 16.4 Å². The van der Waals surface area contributed by atoms with E-state index in [1.54, 1.807) is 18.3 Å². The lowest BCUT2D eigenvalue weighted by Gasteiger charge is -2.04. The van der Waals surface area contributed by atoms with Crippen molar-refractivity contribution in [2.75, 3.05) is 6.54 Å². The molecule has 0 radical (unpaired) electrons. The van der Waals surface area contributed by atoms with E-state index in [0.717, 1.165) is 10.7 Å². The fourth-order valence-corrected chi connectivity index (χ4v) is 3.69. The molecule has 0 atom stereocenters. The lowest BCUT2D eigenvalue weighted by molar-refractivity contribution is 0.478. The normalized spacial score (nSPS) is 11.9. The van der Waals surface area contributed by atoms with Crippen molar-refractivity contribution in [3.63, 3.8) is 0 Å². The molecule has 6 nitrogen and oxygen atoms in total. The molecular formula is C12H17N3O3S2. The second-order valence-electron chi connectivity index (χ2n) is 4.34. The van der Waals surface area contributed by atoms with Crippen molar-refractivity contribution in [2.24, 2.45) is 5.73 Å². The average Bonchev–Trinajstić information content (AvgIpc) is 2.95. The molecule has 2 heterocycles. The number of thiazole rings is 1. The third kappa shape index (κ3) is 3.45. The topological polar surface area (TPSA) is 98.2 Å². The number of nitrogens with one attached hydrogen (secondary N) is 1. The SMILES string of the molecule is Cc1nc(CCNS(=O)(=O)c2cc(CN)oc2C)cs1. The van der Waals surface area contributed by atoms with Crippen molar-refractivity contribution in [2.45, 2.75) is 31.7 Å². The van der Waals surface area contributed by atoms with Crippen molar-refractivity contribution < 1.29 is 12.8 Å². The summed E-state index contributed by atoms with van der Waals surface area (Å²) >= 11 is 1.55. The number of furan rings is 1. The van der Waals surface area contributed by atoms with Crippen LogP contribution >= 0.6 is 11.3 Å². The van der Waals surface area contributed by atoms with Crippen LogP contribution in [-0.4, -0.2) is 19.9 Å². The lowest BCUT2D eigenvalue weighted by Crippen LogP contribution is -2.26. The van der Waals surface area contributed by atoms with Gasteiger partial charge in [0.15, 0.2) is 0 Å². The third-order valence-electron chi connectivity index (χ3n) is 2.75. The molecule has 0 saturated heterocycles. The van der Waals surface area contributed by atoms with E-state index in [-0.39, 0.29) is 11.4 Å². The van der Waals surface area contributed by atoms with Gasteiger partial charge in [-0.15, -0.1) is 11.3 Å². The molecule has 0 amide bonds. The van der Waals surface area contributed by atoms with Crippen LogP contribution in [0.1, 0.15) is 22.2 Å². The fourth-order valence-electron chi connectivity index (χ4n) is 1.81. The van der Waals surface area contributed by atoms with Crippen LogP contribution in [0.15, 0.2) is 20.8 Å². The monoisotopic (exact) mass is 315 g/mol. The minimum absolute atomic E-state index is 0.146. The van der Waals surface area contributed by atoms with Gasteiger partial charge in [-0.25, -0.2) is 18.1 Å². The predicted octanol–water partition coefficient (Wildman–Crippen LogP) is 1.33. The molecule has 0 fully saturated rings. The van der Waals surface area contributed by atoms with Crippen molar-refractivity contribution >= 4 is 21.4 Å².